The van der Waals surface area contributed by atoms with Crippen LogP contribution in [0.1, 0.15) is 42.5 Å². The third-order valence-corrected chi connectivity index (χ3v) is 5.24. The van der Waals surface area contributed by atoms with Crippen molar-refractivity contribution in [2.24, 2.45) is 11.8 Å². The lowest BCUT2D eigenvalue weighted by Crippen LogP contribution is -2.50. The van der Waals surface area contributed by atoms with Crippen LogP contribution in [0.25, 0.3) is 0 Å². The second-order valence-corrected chi connectivity index (χ2v) is 6.49. The highest BCUT2D eigenvalue weighted by Crippen LogP contribution is 2.45. The van der Waals surface area contributed by atoms with E-state index < -0.39 is 0 Å². The molecule has 2 aliphatic rings. The van der Waals surface area contributed by atoms with Gasteiger partial charge in [0.15, 0.2) is 0 Å². The highest BCUT2D eigenvalue weighted by molar-refractivity contribution is 5.86. The van der Waals surface area contributed by atoms with Crippen LogP contribution in [0.3, 0.4) is 0 Å². The summed E-state index contributed by atoms with van der Waals surface area (Å²) in [5, 5.41) is 3.80. The molecule has 2 heteroatoms. The van der Waals surface area contributed by atoms with Gasteiger partial charge in [0.2, 0.25) is 0 Å². The number of fused-ring (bicyclic) bond motifs is 2. The van der Waals surface area contributed by atoms with Gasteiger partial charge in [-0.2, -0.15) is 0 Å². The number of piperidine rings is 1. The van der Waals surface area contributed by atoms with Crippen LogP contribution < -0.4 is 5.32 Å². The Kier molecular flexibility index (Phi) is 3.55. The van der Waals surface area contributed by atoms with Crippen molar-refractivity contribution in [2.45, 2.75) is 31.3 Å². The smallest absolute Gasteiger partial charge is 0.142 e. The molecule has 112 valence electrons. The summed E-state index contributed by atoms with van der Waals surface area (Å²) in [5.41, 5.74) is 2.48. The Morgan fingerprint density at radius 3 is 1.64 bits per heavy atom. The van der Waals surface area contributed by atoms with Crippen molar-refractivity contribution in [1.82, 2.24) is 5.32 Å². The van der Waals surface area contributed by atoms with Crippen molar-refractivity contribution in [1.29, 1.82) is 0 Å². The number of nitrogens with one attached hydrogen (secondary N) is 1. The summed E-state index contributed by atoms with van der Waals surface area (Å²) in [5.74, 6) is 0.745. The average Bonchev–Trinajstić information content (AvgIpc) is 2.57. The molecule has 1 saturated carbocycles. The van der Waals surface area contributed by atoms with Crippen molar-refractivity contribution in [3.05, 3.63) is 71.8 Å². The van der Waals surface area contributed by atoms with Gasteiger partial charge >= 0.3 is 0 Å². The third kappa shape index (κ3) is 2.28. The van der Waals surface area contributed by atoms with E-state index in [1.807, 2.05) is 12.1 Å². The monoisotopic (exact) mass is 291 g/mol. The fraction of sp³-hybridized carbons (Fsp3) is 0.350. The topological polar surface area (TPSA) is 29.1 Å². The van der Waals surface area contributed by atoms with Crippen LogP contribution in [-0.4, -0.2) is 5.78 Å². The molecule has 1 heterocycles. The predicted octanol–water partition coefficient (Wildman–Crippen LogP) is 4.06. The third-order valence-electron chi connectivity index (χ3n) is 5.24. The van der Waals surface area contributed by atoms with Gasteiger partial charge in [-0.25, -0.2) is 0 Å². The van der Waals surface area contributed by atoms with Crippen LogP contribution in [0.15, 0.2) is 60.7 Å². The van der Waals surface area contributed by atoms with Gasteiger partial charge in [-0.3, -0.25) is 4.79 Å². The normalized spacial score (nSPS) is 31.0. The van der Waals surface area contributed by atoms with Gasteiger partial charge in [0.05, 0.1) is 0 Å². The zero-order valence-electron chi connectivity index (χ0n) is 12.6. The Morgan fingerprint density at radius 1 is 0.727 bits per heavy atom. The number of benzene rings is 2. The number of carbonyl (C=O) groups excluding carboxylic acids is 1. The molecule has 0 radical (unpaired) electrons. The number of hydrogen-bond acceptors (Lipinski definition) is 2. The molecule has 4 rings (SSSR count). The molecule has 22 heavy (non-hydrogen) atoms. The van der Waals surface area contributed by atoms with Crippen molar-refractivity contribution in [3.8, 4) is 0 Å². The molecule has 2 bridgehead atoms. The Labute approximate surface area is 131 Å². The maximum atomic E-state index is 12.9. The number of carbonyl (C=O) groups is 1. The quantitative estimate of drug-likeness (QED) is 0.904. The summed E-state index contributed by atoms with van der Waals surface area (Å²) in [6, 6.07) is 21.2. The van der Waals surface area contributed by atoms with Gasteiger partial charge in [0, 0.05) is 23.9 Å². The minimum Gasteiger partial charge on any atom is -0.302 e. The van der Waals surface area contributed by atoms with E-state index in [1.54, 1.807) is 0 Å². The molecule has 0 amide bonds. The fourth-order valence-electron chi connectivity index (χ4n) is 4.18. The van der Waals surface area contributed by atoms with E-state index in [2.05, 4.69) is 53.8 Å². The van der Waals surface area contributed by atoms with Gasteiger partial charge in [0.25, 0.3) is 0 Å². The first-order chi connectivity index (χ1) is 10.8. The summed E-state index contributed by atoms with van der Waals surface area (Å²) >= 11 is 0. The summed E-state index contributed by atoms with van der Waals surface area (Å²) in [7, 11) is 0. The van der Waals surface area contributed by atoms with Crippen molar-refractivity contribution < 1.29 is 4.79 Å². The SMILES string of the molecule is O=C1[C@H]2CCC[C@@H]1[C@H](c1ccccc1)N[C@@H]2c1ccccc1. The van der Waals surface area contributed by atoms with Crippen molar-refractivity contribution in [2.75, 3.05) is 0 Å². The van der Waals surface area contributed by atoms with E-state index in [0.717, 1.165) is 19.3 Å². The van der Waals surface area contributed by atoms with E-state index in [9.17, 15) is 4.79 Å². The molecule has 0 aromatic heterocycles. The highest BCUT2D eigenvalue weighted by Gasteiger charge is 2.46. The molecule has 2 fully saturated rings. The van der Waals surface area contributed by atoms with Crippen LogP contribution in [0, 0.1) is 11.8 Å². The standard InChI is InChI=1S/C20H21NO/c22-20-16-12-7-13-17(20)19(15-10-5-2-6-11-15)21-18(16)14-8-3-1-4-9-14/h1-6,8-11,16-19,21H,7,12-13H2/t16-,17+,18+,19-. The molecule has 2 nitrogen and oxygen atoms in total. The summed E-state index contributed by atoms with van der Waals surface area (Å²) in [6.45, 7) is 0. The predicted molar refractivity (Wildman–Crippen MR) is 87.3 cm³/mol. The first-order valence-corrected chi connectivity index (χ1v) is 8.24. The van der Waals surface area contributed by atoms with Gasteiger partial charge in [-0.1, -0.05) is 67.1 Å². The number of ketones is 1. The molecule has 0 unspecified atom stereocenters. The molecule has 1 aliphatic heterocycles. The fourth-order valence-corrected chi connectivity index (χ4v) is 4.18. The molecular formula is C20H21NO. The van der Waals surface area contributed by atoms with Crippen LogP contribution in [0.2, 0.25) is 0 Å². The Balaban J connectivity index is 1.73. The van der Waals surface area contributed by atoms with Crippen LogP contribution >= 0.6 is 0 Å². The molecular weight excluding hydrogens is 270 g/mol. The lowest BCUT2D eigenvalue weighted by atomic mass is 9.67. The zero-order chi connectivity index (χ0) is 14.9. The van der Waals surface area contributed by atoms with Gasteiger partial charge in [0.1, 0.15) is 5.78 Å². The van der Waals surface area contributed by atoms with Crippen LogP contribution in [0.5, 0.6) is 0 Å². The second-order valence-electron chi connectivity index (χ2n) is 6.49. The molecule has 1 aliphatic carbocycles. The van der Waals surface area contributed by atoms with E-state index in [-0.39, 0.29) is 23.9 Å². The van der Waals surface area contributed by atoms with Crippen molar-refractivity contribution in [3.63, 3.8) is 0 Å². The van der Waals surface area contributed by atoms with Gasteiger partial charge in [-0.15, -0.1) is 0 Å². The molecule has 1 N–H and O–H groups in total. The first-order valence-electron chi connectivity index (χ1n) is 8.24. The Hall–Kier alpha value is -1.93. The number of rotatable bonds is 2. The Morgan fingerprint density at radius 2 is 1.18 bits per heavy atom. The minimum absolute atomic E-state index is 0.140. The first kappa shape index (κ1) is 13.7. The maximum absolute atomic E-state index is 12.9. The zero-order valence-corrected chi connectivity index (χ0v) is 12.6. The van der Waals surface area contributed by atoms with Crippen molar-refractivity contribution >= 4 is 5.78 Å². The lowest BCUT2D eigenvalue weighted by molar-refractivity contribution is -0.135. The minimum atomic E-state index is 0.140. The average molecular weight is 291 g/mol. The molecule has 2 aromatic carbocycles. The second kappa shape index (κ2) is 5.69. The summed E-state index contributed by atoms with van der Waals surface area (Å²) < 4.78 is 0. The molecule has 4 atom stereocenters. The molecule has 0 spiro atoms. The molecule has 1 saturated heterocycles. The number of Topliss-reactive ketones (excluding diaryl/α,β-unsaturated/α-hetero) is 1. The van der Waals surface area contributed by atoms with E-state index in [4.69, 9.17) is 0 Å². The largest absolute Gasteiger partial charge is 0.302 e. The van der Waals surface area contributed by atoms with Crippen LogP contribution in [-0.2, 0) is 4.79 Å². The Bertz CT molecular complexity index is 596. The highest BCUT2D eigenvalue weighted by atomic mass is 16.1. The maximum Gasteiger partial charge on any atom is 0.142 e. The number of hydrogen-bond donors (Lipinski definition) is 1. The lowest BCUT2D eigenvalue weighted by Gasteiger charge is -2.45. The van der Waals surface area contributed by atoms with E-state index in [1.165, 1.54) is 11.1 Å². The van der Waals surface area contributed by atoms with Gasteiger partial charge in [-0.05, 0) is 24.0 Å². The van der Waals surface area contributed by atoms with Gasteiger partial charge < -0.3 is 5.32 Å². The summed E-state index contributed by atoms with van der Waals surface area (Å²) in [4.78, 5) is 12.9. The van der Waals surface area contributed by atoms with E-state index in [0.29, 0.717) is 5.78 Å². The van der Waals surface area contributed by atoms with Crippen LogP contribution in [0.4, 0.5) is 0 Å². The molecule has 2 aromatic rings. The summed E-state index contributed by atoms with van der Waals surface area (Å²) in [6.07, 6.45) is 3.20. The van der Waals surface area contributed by atoms with E-state index >= 15 is 0 Å².